The number of morpholine rings is 1. The molecule has 0 spiro atoms. The third-order valence-corrected chi connectivity index (χ3v) is 6.01. The molecule has 0 saturated carbocycles. The Morgan fingerprint density at radius 3 is 2.55 bits per heavy atom. The minimum Gasteiger partial charge on any atom is -0.384 e. The first kappa shape index (κ1) is 26.4. The van der Waals surface area contributed by atoms with E-state index in [1.54, 1.807) is 7.11 Å². The van der Waals surface area contributed by atoms with E-state index in [-0.39, 0.29) is 36.8 Å². The molecule has 1 unspecified atom stereocenters. The molecule has 1 aromatic carbocycles. The van der Waals surface area contributed by atoms with Crippen LogP contribution in [0, 0.1) is 5.41 Å². The van der Waals surface area contributed by atoms with Crippen LogP contribution >= 0.6 is 36.4 Å². The molecule has 2 fully saturated rings. The highest BCUT2D eigenvalue weighted by Crippen LogP contribution is 2.31. The van der Waals surface area contributed by atoms with Gasteiger partial charge in [-0.05, 0) is 37.6 Å². The number of carbonyl (C=O) groups is 1. The fraction of sp³-hybridized carbons (Fsp3) is 0.650. The molecule has 166 valence electrons. The van der Waals surface area contributed by atoms with Crippen LogP contribution in [0.4, 0.5) is 0 Å². The van der Waals surface area contributed by atoms with Crippen molar-refractivity contribution in [2.75, 3.05) is 59.7 Å². The zero-order chi connectivity index (χ0) is 19.1. The maximum Gasteiger partial charge on any atom is 0.228 e. The molecule has 1 aromatic rings. The van der Waals surface area contributed by atoms with Gasteiger partial charge >= 0.3 is 0 Å². The maximum atomic E-state index is 13.1. The van der Waals surface area contributed by atoms with Gasteiger partial charge in [0.05, 0.1) is 31.3 Å². The molecule has 0 radical (unpaired) electrons. The minimum absolute atomic E-state index is 0. The molecule has 29 heavy (non-hydrogen) atoms. The van der Waals surface area contributed by atoms with Crippen molar-refractivity contribution in [2.45, 2.75) is 18.9 Å². The smallest absolute Gasteiger partial charge is 0.228 e. The van der Waals surface area contributed by atoms with Crippen LogP contribution in [0.3, 0.4) is 0 Å². The lowest BCUT2D eigenvalue weighted by atomic mass is 9.78. The summed E-state index contributed by atoms with van der Waals surface area (Å²) in [6.45, 7) is 5.73. The number of hydrogen-bond acceptors (Lipinski definition) is 5. The number of nitrogens with zero attached hydrogens (tertiary/aromatic N) is 1. The van der Waals surface area contributed by atoms with E-state index < -0.39 is 5.41 Å². The number of methoxy groups -OCH3 is 1. The van der Waals surface area contributed by atoms with Gasteiger partial charge in [-0.25, -0.2) is 0 Å². The molecule has 0 aliphatic carbocycles. The van der Waals surface area contributed by atoms with Gasteiger partial charge in [0.15, 0.2) is 0 Å². The Balaban J connectivity index is 0.00000210. The third-order valence-electron chi connectivity index (χ3n) is 5.67. The van der Waals surface area contributed by atoms with Crippen molar-refractivity contribution in [3.63, 3.8) is 0 Å². The number of hydrogen-bond donors (Lipinski definition) is 2. The highest BCUT2D eigenvalue weighted by molar-refractivity contribution is 6.31. The Bertz CT molecular complexity index is 618. The number of amides is 1. The lowest BCUT2D eigenvalue weighted by Crippen LogP contribution is -2.52. The highest BCUT2D eigenvalue weighted by atomic mass is 35.5. The summed E-state index contributed by atoms with van der Waals surface area (Å²) in [5.74, 6) is 0.0798. The molecular formula is C20H32Cl3N3O3. The molecule has 2 saturated heterocycles. The number of rotatable bonds is 7. The van der Waals surface area contributed by atoms with E-state index in [1.807, 2.05) is 24.3 Å². The molecule has 0 aromatic heterocycles. The molecule has 1 atom stereocenters. The van der Waals surface area contributed by atoms with Crippen LogP contribution in [0.15, 0.2) is 24.3 Å². The normalized spacial score (nSPS) is 20.1. The third kappa shape index (κ3) is 6.69. The summed E-state index contributed by atoms with van der Waals surface area (Å²) >= 11 is 6.48. The average Bonchev–Trinajstić information content (AvgIpc) is 2.71. The van der Waals surface area contributed by atoms with Gasteiger partial charge in [-0.15, -0.1) is 24.8 Å². The SMILES string of the molecule is COCC1(C(=O)NCC(c2ccccc2Cl)N2CCOCC2)CCNCC1.Cl.Cl. The van der Waals surface area contributed by atoms with Crippen LogP contribution in [0.1, 0.15) is 24.4 Å². The summed E-state index contributed by atoms with van der Waals surface area (Å²) in [7, 11) is 1.66. The van der Waals surface area contributed by atoms with Gasteiger partial charge in [0, 0.05) is 31.8 Å². The summed E-state index contributed by atoms with van der Waals surface area (Å²) in [5, 5.41) is 7.27. The molecule has 6 nitrogen and oxygen atoms in total. The van der Waals surface area contributed by atoms with E-state index in [0.29, 0.717) is 26.4 Å². The fourth-order valence-corrected chi connectivity index (χ4v) is 4.33. The lowest BCUT2D eigenvalue weighted by Gasteiger charge is -2.38. The monoisotopic (exact) mass is 467 g/mol. The summed E-state index contributed by atoms with van der Waals surface area (Å²) < 4.78 is 10.9. The molecular weight excluding hydrogens is 437 g/mol. The van der Waals surface area contributed by atoms with Crippen molar-refractivity contribution in [3.8, 4) is 0 Å². The number of ether oxygens (including phenoxy) is 2. The van der Waals surface area contributed by atoms with Gasteiger partial charge in [0.25, 0.3) is 0 Å². The predicted molar refractivity (Wildman–Crippen MR) is 121 cm³/mol. The zero-order valence-corrected chi connectivity index (χ0v) is 19.2. The fourth-order valence-electron chi connectivity index (χ4n) is 4.07. The van der Waals surface area contributed by atoms with Crippen molar-refractivity contribution >= 4 is 42.3 Å². The van der Waals surface area contributed by atoms with Crippen LogP contribution < -0.4 is 10.6 Å². The van der Waals surface area contributed by atoms with Gasteiger partial charge < -0.3 is 20.1 Å². The zero-order valence-electron chi connectivity index (χ0n) is 16.8. The summed E-state index contributed by atoms with van der Waals surface area (Å²) in [6.07, 6.45) is 1.59. The first-order valence-corrected chi connectivity index (χ1v) is 10.1. The predicted octanol–water partition coefficient (Wildman–Crippen LogP) is 2.69. The Kier molecular flexibility index (Phi) is 11.8. The number of nitrogens with one attached hydrogen (secondary N) is 2. The van der Waals surface area contributed by atoms with Crippen LogP contribution in [-0.2, 0) is 14.3 Å². The van der Waals surface area contributed by atoms with E-state index in [9.17, 15) is 4.79 Å². The number of piperidine rings is 1. The standard InChI is InChI=1S/C20H30ClN3O3.2ClH/c1-26-15-20(6-8-22-9-7-20)19(25)23-14-18(24-10-12-27-13-11-24)16-4-2-3-5-17(16)21;;/h2-5,18,22H,6-15H2,1H3,(H,23,25);2*1H. The van der Waals surface area contributed by atoms with Crippen molar-refractivity contribution in [1.29, 1.82) is 0 Å². The molecule has 3 rings (SSSR count). The molecule has 2 N–H and O–H groups in total. The highest BCUT2D eigenvalue weighted by Gasteiger charge is 2.40. The van der Waals surface area contributed by atoms with Gasteiger partial charge in [-0.3, -0.25) is 9.69 Å². The second-order valence-electron chi connectivity index (χ2n) is 7.36. The minimum atomic E-state index is -0.448. The van der Waals surface area contributed by atoms with Crippen LogP contribution in [0.5, 0.6) is 0 Å². The number of carbonyl (C=O) groups excluding carboxylic acids is 1. The van der Waals surface area contributed by atoms with Crippen LogP contribution in [0.2, 0.25) is 5.02 Å². The molecule has 0 bridgehead atoms. The van der Waals surface area contributed by atoms with Gasteiger partial charge in [-0.2, -0.15) is 0 Å². The molecule has 2 heterocycles. The van der Waals surface area contributed by atoms with E-state index >= 15 is 0 Å². The topological polar surface area (TPSA) is 62.8 Å². The second-order valence-corrected chi connectivity index (χ2v) is 7.77. The van der Waals surface area contributed by atoms with E-state index in [0.717, 1.165) is 49.6 Å². The first-order valence-electron chi connectivity index (χ1n) is 9.70. The van der Waals surface area contributed by atoms with E-state index in [1.165, 1.54) is 0 Å². The van der Waals surface area contributed by atoms with Gasteiger partial charge in [0.1, 0.15) is 0 Å². The lowest BCUT2D eigenvalue weighted by molar-refractivity contribution is -0.136. The van der Waals surface area contributed by atoms with Crippen molar-refractivity contribution in [2.24, 2.45) is 5.41 Å². The Morgan fingerprint density at radius 1 is 1.28 bits per heavy atom. The van der Waals surface area contributed by atoms with E-state index in [2.05, 4.69) is 15.5 Å². The van der Waals surface area contributed by atoms with Gasteiger partial charge in [0.2, 0.25) is 5.91 Å². The molecule has 2 aliphatic rings. The average molecular weight is 469 g/mol. The van der Waals surface area contributed by atoms with Crippen LogP contribution in [-0.4, -0.2) is 70.5 Å². The summed E-state index contributed by atoms with van der Waals surface area (Å²) in [5.41, 5.74) is 0.600. The summed E-state index contributed by atoms with van der Waals surface area (Å²) in [6, 6.07) is 7.92. The van der Waals surface area contributed by atoms with E-state index in [4.69, 9.17) is 21.1 Å². The Labute approximate surface area is 190 Å². The van der Waals surface area contributed by atoms with Crippen molar-refractivity contribution in [1.82, 2.24) is 15.5 Å². The quantitative estimate of drug-likeness (QED) is 0.644. The number of benzene rings is 1. The van der Waals surface area contributed by atoms with Crippen molar-refractivity contribution in [3.05, 3.63) is 34.9 Å². The Hall–Kier alpha value is -0.600. The second kappa shape index (κ2) is 13.0. The van der Waals surface area contributed by atoms with Crippen molar-refractivity contribution < 1.29 is 14.3 Å². The van der Waals surface area contributed by atoms with Crippen LogP contribution in [0.25, 0.3) is 0 Å². The molecule has 1 amide bonds. The largest absolute Gasteiger partial charge is 0.384 e. The molecule has 2 aliphatic heterocycles. The maximum absolute atomic E-state index is 13.1. The first-order chi connectivity index (χ1) is 13.2. The van der Waals surface area contributed by atoms with Gasteiger partial charge in [-0.1, -0.05) is 29.8 Å². The molecule has 9 heteroatoms. The summed E-state index contributed by atoms with van der Waals surface area (Å²) in [4.78, 5) is 15.5. The number of halogens is 3. The Morgan fingerprint density at radius 2 is 1.93 bits per heavy atom.